The van der Waals surface area contributed by atoms with E-state index >= 15 is 0 Å². The molecule has 1 rings (SSSR count). The molecule has 1 N–H and O–H groups in total. The number of hydrogen-bond donors (Lipinski definition) is 1. The van der Waals surface area contributed by atoms with Gasteiger partial charge in [-0.3, -0.25) is 9.48 Å². The van der Waals surface area contributed by atoms with Crippen LogP contribution < -0.4 is 0 Å². The molecule has 0 spiro atoms. The Kier molecular flexibility index (Phi) is 4.47. The van der Waals surface area contributed by atoms with Crippen molar-refractivity contribution in [2.45, 2.75) is 33.2 Å². The second-order valence-corrected chi connectivity index (χ2v) is 4.30. The summed E-state index contributed by atoms with van der Waals surface area (Å²) in [6, 6.07) is -0.962. The van der Waals surface area contributed by atoms with Gasteiger partial charge in [0.15, 0.2) is 6.04 Å². The fourth-order valence-electron chi connectivity index (χ4n) is 2.03. The van der Waals surface area contributed by atoms with Crippen molar-refractivity contribution < 1.29 is 14.7 Å². The van der Waals surface area contributed by atoms with Gasteiger partial charge in [0, 0.05) is 32.3 Å². The van der Waals surface area contributed by atoms with Crippen LogP contribution in [0.3, 0.4) is 0 Å². The molecule has 100 valence electrons. The molecule has 0 bridgehead atoms. The number of aryl methyl sites for hydroxylation is 2. The number of nitrogens with zero attached hydrogens (tertiary/aromatic N) is 3. The van der Waals surface area contributed by atoms with Crippen LogP contribution in [-0.4, -0.2) is 38.2 Å². The highest BCUT2D eigenvalue weighted by Crippen LogP contribution is 2.24. The van der Waals surface area contributed by atoms with Crippen LogP contribution in [0.2, 0.25) is 0 Å². The highest BCUT2D eigenvalue weighted by atomic mass is 16.4. The minimum Gasteiger partial charge on any atom is -0.479 e. The molecular formula is C12H19N3O3. The Bertz CT molecular complexity index is 453. The molecule has 0 aliphatic carbocycles. The molecule has 1 aromatic heterocycles. The summed E-state index contributed by atoms with van der Waals surface area (Å²) in [6.07, 6.45) is 2.36. The standard InChI is InChI=1S/C12H19N3O3/c1-5-6-15(9(3)16)11(12(17)18)10-7-14(4)13-8(10)2/h7,11H,5-6H2,1-4H3,(H,17,18). The molecule has 0 aliphatic heterocycles. The van der Waals surface area contributed by atoms with E-state index in [9.17, 15) is 14.7 Å². The number of hydrogen-bond acceptors (Lipinski definition) is 3. The zero-order valence-electron chi connectivity index (χ0n) is 11.2. The van der Waals surface area contributed by atoms with Crippen LogP contribution in [0, 0.1) is 6.92 Å². The molecule has 0 aliphatic rings. The smallest absolute Gasteiger partial charge is 0.331 e. The van der Waals surface area contributed by atoms with Crippen LogP contribution in [0.4, 0.5) is 0 Å². The molecular weight excluding hydrogens is 234 g/mol. The molecule has 1 aromatic rings. The van der Waals surface area contributed by atoms with Crippen LogP contribution in [0.1, 0.15) is 37.6 Å². The lowest BCUT2D eigenvalue weighted by Gasteiger charge is -2.27. The van der Waals surface area contributed by atoms with E-state index in [-0.39, 0.29) is 5.91 Å². The van der Waals surface area contributed by atoms with Crippen molar-refractivity contribution >= 4 is 11.9 Å². The van der Waals surface area contributed by atoms with E-state index in [1.54, 1.807) is 24.9 Å². The summed E-state index contributed by atoms with van der Waals surface area (Å²) in [5, 5.41) is 13.5. The molecule has 1 amide bonds. The predicted octanol–water partition coefficient (Wildman–Crippen LogP) is 1.11. The van der Waals surface area contributed by atoms with Crippen molar-refractivity contribution in [1.82, 2.24) is 14.7 Å². The van der Waals surface area contributed by atoms with Gasteiger partial charge >= 0.3 is 5.97 Å². The van der Waals surface area contributed by atoms with E-state index < -0.39 is 12.0 Å². The number of rotatable bonds is 5. The summed E-state index contributed by atoms with van der Waals surface area (Å²) >= 11 is 0. The van der Waals surface area contributed by atoms with Crippen molar-refractivity contribution in [2.75, 3.05) is 6.54 Å². The zero-order valence-corrected chi connectivity index (χ0v) is 11.2. The summed E-state index contributed by atoms with van der Waals surface area (Å²) in [4.78, 5) is 24.4. The third-order valence-corrected chi connectivity index (χ3v) is 2.76. The van der Waals surface area contributed by atoms with Gasteiger partial charge in [-0.25, -0.2) is 4.79 Å². The molecule has 1 atom stereocenters. The molecule has 0 aromatic carbocycles. The Morgan fingerprint density at radius 1 is 1.56 bits per heavy atom. The van der Waals surface area contributed by atoms with Gasteiger partial charge in [0.2, 0.25) is 5.91 Å². The largest absolute Gasteiger partial charge is 0.479 e. The second-order valence-electron chi connectivity index (χ2n) is 4.30. The third kappa shape index (κ3) is 2.88. The number of carboxylic acids is 1. The number of amides is 1. The first-order valence-corrected chi connectivity index (χ1v) is 5.88. The fourth-order valence-corrected chi connectivity index (χ4v) is 2.03. The van der Waals surface area contributed by atoms with E-state index in [1.165, 1.54) is 11.8 Å². The quantitative estimate of drug-likeness (QED) is 0.853. The van der Waals surface area contributed by atoms with Crippen molar-refractivity contribution in [2.24, 2.45) is 7.05 Å². The SMILES string of the molecule is CCCN(C(C)=O)C(C(=O)O)c1cn(C)nc1C. The number of carboxylic acid groups (broad SMARTS) is 1. The van der Waals surface area contributed by atoms with E-state index in [2.05, 4.69) is 5.10 Å². The van der Waals surface area contributed by atoms with E-state index in [0.717, 1.165) is 0 Å². The third-order valence-electron chi connectivity index (χ3n) is 2.76. The van der Waals surface area contributed by atoms with Gasteiger partial charge in [-0.05, 0) is 13.3 Å². The maximum Gasteiger partial charge on any atom is 0.331 e. The van der Waals surface area contributed by atoms with Gasteiger partial charge < -0.3 is 10.0 Å². The summed E-state index contributed by atoms with van der Waals surface area (Å²) in [6.45, 7) is 5.46. The van der Waals surface area contributed by atoms with Gasteiger partial charge in [-0.2, -0.15) is 5.10 Å². The number of aromatic nitrogens is 2. The Morgan fingerprint density at radius 2 is 2.17 bits per heavy atom. The maximum absolute atomic E-state index is 11.6. The van der Waals surface area contributed by atoms with Crippen molar-refractivity contribution in [3.63, 3.8) is 0 Å². The zero-order chi connectivity index (χ0) is 13.9. The first-order chi connectivity index (χ1) is 8.38. The molecule has 6 nitrogen and oxygen atoms in total. The molecule has 0 saturated heterocycles. The molecule has 0 fully saturated rings. The van der Waals surface area contributed by atoms with Crippen LogP contribution in [0.25, 0.3) is 0 Å². The Labute approximate surface area is 106 Å². The summed E-state index contributed by atoms with van der Waals surface area (Å²) in [5.74, 6) is -1.28. The van der Waals surface area contributed by atoms with Crippen LogP contribution >= 0.6 is 0 Å². The van der Waals surface area contributed by atoms with Crippen molar-refractivity contribution in [3.8, 4) is 0 Å². The first-order valence-electron chi connectivity index (χ1n) is 5.88. The molecule has 18 heavy (non-hydrogen) atoms. The van der Waals surface area contributed by atoms with Crippen LogP contribution in [0.15, 0.2) is 6.20 Å². The van der Waals surface area contributed by atoms with Gasteiger partial charge in [0.25, 0.3) is 0 Å². The van der Waals surface area contributed by atoms with E-state index in [1.807, 2.05) is 6.92 Å². The molecule has 0 saturated carbocycles. The normalized spacial score (nSPS) is 12.2. The average Bonchev–Trinajstić information content (AvgIpc) is 2.56. The molecule has 1 heterocycles. The van der Waals surface area contributed by atoms with Crippen molar-refractivity contribution in [1.29, 1.82) is 0 Å². The summed E-state index contributed by atoms with van der Waals surface area (Å²) in [7, 11) is 1.73. The minimum absolute atomic E-state index is 0.243. The maximum atomic E-state index is 11.6. The van der Waals surface area contributed by atoms with Crippen LogP contribution in [0.5, 0.6) is 0 Å². The Hall–Kier alpha value is -1.85. The minimum atomic E-state index is -1.03. The lowest BCUT2D eigenvalue weighted by atomic mass is 10.1. The topological polar surface area (TPSA) is 75.4 Å². The van der Waals surface area contributed by atoms with Gasteiger partial charge in [0.05, 0.1) is 5.69 Å². The number of aliphatic carboxylic acids is 1. The molecule has 0 radical (unpaired) electrons. The molecule has 6 heteroatoms. The fraction of sp³-hybridized carbons (Fsp3) is 0.583. The molecule has 1 unspecified atom stereocenters. The Balaban J connectivity index is 3.20. The predicted molar refractivity (Wildman–Crippen MR) is 66.0 cm³/mol. The van der Waals surface area contributed by atoms with E-state index in [4.69, 9.17) is 0 Å². The monoisotopic (exact) mass is 253 g/mol. The highest BCUT2D eigenvalue weighted by molar-refractivity contribution is 5.83. The summed E-state index contributed by atoms with van der Waals surface area (Å²) < 4.78 is 1.56. The van der Waals surface area contributed by atoms with E-state index in [0.29, 0.717) is 24.2 Å². The van der Waals surface area contributed by atoms with Gasteiger partial charge in [-0.15, -0.1) is 0 Å². The van der Waals surface area contributed by atoms with Gasteiger partial charge in [-0.1, -0.05) is 6.92 Å². The second kappa shape index (κ2) is 5.66. The van der Waals surface area contributed by atoms with Gasteiger partial charge in [0.1, 0.15) is 0 Å². The highest BCUT2D eigenvalue weighted by Gasteiger charge is 2.31. The number of carbonyl (C=O) groups is 2. The number of carbonyl (C=O) groups excluding carboxylic acids is 1. The first kappa shape index (κ1) is 14.2. The summed E-state index contributed by atoms with van der Waals surface area (Å²) in [5.41, 5.74) is 1.20. The average molecular weight is 253 g/mol. The lowest BCUT2D eigenvalue weighted by molar-refractivity contribution is -0.149. The van der Waals surface area contributed by atoms with Crippen molar-refractivity contribution in [3.05, 3.63) is 17.5 Å². The van der Waals surface area contributed by atoms with Crippen LogP contribution in [-0.2, 0) is 16.6 Å². The lowest BCUT2D eigenvalue weighted by Crippen LogP contribution is -2.38. The Morgan fingerprint density at radius 3 is 2.50 bits per heavy atom.